The van der Waals surface area contributed by atoms with Crippen molar-refractivity contribution in [3.05, 3.63) is 68.2 Å². The molecular formula is C17H13Cl2N3O3. The van der Waals surface area contributed by atoms with E-state index in [9.17, 15) is 9.59 Å². The van der Waals surface area contributed by atoms with Gasteiger partial charge in [-0.05, 0) is 42.8 Å². The summed E-state index contributed by atoms with van der Waals surface area (Å²) in [5.74, 6) is 0.510. The van der Waals surface area contributed by atoms with Crippen LogP contribution < -0.4 is 10.9 Å². The third-order valence-electron chi connectivity index (χ3n) is 3.72. The van der Waals surface area contributed by atoms with Crippen molar-refractivity contribution >= 4 is 45.9 Å². The molecule has 0 saturated heterocycles. The number of anilines is 1. The molecule has 0 atom stereocenters. The number of fused-ring (bicyclic) bond motifs is 1. The molecule has 3 aromatic rings. The fraction of sp³-hybridized carbons (Fsp3) is 0.118. The molecule has 0 bridgehead atoms. The Labute approximate surface area is 152 Å². The van der Waals surface area contributed by atoms with Crippen LogP contribution in [0.5, 0.6) is 0 Å². The monoisotopic (exact) mass is 377 g/mol. The molecule has 2 aromatic carbocycles. The van der Waals surface area contributed by atoms with Crippen LogP contribution in [0, 0.1) is 6.92 Å². The van der Waals surface area contributed by atoms with Crippen molar-refractivity contribution in [3.63, 3.8) is 0 Å². The summed E-state index contributed by atoms with van der Waals surface area (Å²) in [6.07, 6.45) is -1.18. The van der Waals surface area contributed by atoms with E-state index in [1.54, 1.807) is 31.2 Å². The minimum Gasteiger partial charge on any atom is -0.465 e. The second-order valence-corrected chi connectivity index (χ2v) is 6.28. The third-order valence-corrected chi connectivity index (χ3v) is 4.46. The lowest BCUT2D eigenvalue weighted by Crippen LogP contribution is -2.24. The van der Waals surface area contributed by atoms with Crippen molar-refractivity contribution in [2.24, 2.45) is 0 Å². The molecule has 1 aromatic heterocycles. The van der Waals surface area contributed by atoms with Gasteiger partial charge in [0.05, 0.1) is 27.5 Å². The lowest BCUT2D eigenvalue weighted by atomic mass is 10.2. The quantitative estimate of drug-likeness (QED) is 0.717. The molecule has 0 spiro atoms. The number of nitrogens with one attached hydrogen (secondary N) is 1. The molecule has 25 heavy (non-hydrogen) atoms. The first kappa shape index (κ1) is 17.3. The molecule has 0 aliphatic rings. The number of carbonyl (C=O) groups is 1. The molecule has 128 valence electrons. The first-order valence-electron chi connectivity index (χ1n) is 7.30. The van der Waals surface area contributed by atoms with Crippen LogP contribution in [-0.2, 0) is 6.54 Å². The molecule has 0 saturated carbocycles. The maximum Gasteiger partial charge on any atom is 0.409 e. The van der Waals surface area contributed by atoms with Gasteiger partial charge < -0.3 is 5.11 Å². The number of hydrogen-bond donors (Lipinski definition) is 2. The molecule has 2 N–H and O–H groups in total. The Morgan fingerprint density at radius 1 is 1.20 bits per heavy atom. The normalized spacial score (nSPS) is 10.8. The summed E-state index contributed by atoms with van der Waals surface area (Å²) in [5, 5.41) is 12.3. The number of halogens is 2. The molecule has 6 nitrogen and oxygen atoms in total. The van der Waals surface area contributed by atoms with Crippen LogP contribution in [0.2, 0.25) is 10.0 Å². The Morgan fingerprint density at radius 2 is 1.96 bits per heavy atom. The maximum absolute atomic E-state index is 12.8. The average Bonchev–Trinajstić information content (AvgIpc) is 2.54. The smallest absolute Gasteiger partial charge is 0.409 e. The molecule has 0 fully saturated rings. The molecule has 0 aliphatic carbocycles. The highest BCUT2D eigenvalue weighted by atomic mass is 35.5. The Balaban J connectivity index is 2.05. The zero-order chi connectivity index (χ0) is 18.1. The highest BCUT2D eigenvalue weighted by molar-refractivity contribution is 6.42. The second-order valence-electron chi connectivity index (χ2n) is 5.46. The van der Waals surface area contributed by atoms with E-state index in [1.807, 2.05) is 0 Å². The van der Waals surface area contributed by atoms with Gasteiger partial charge in [-0.2, -0.15) is 0 Å². The van der Waals surface area contributed by atoms with Crippen molar-refractivity contribution in [1.29, 1.82) is 0 Å². The Hall–Kier alpha value is -2.57. The minimum atomic E-state index is -1.18. The number of rotatable bonds is 3. The third kappa shape index (κ3) is 3.60. The largest absolute Gasteiger partial charge is 0.465 e. The SMILES string of the molecule is Cc1nc2cc(NC(=O)O)ccc2c(=O)n1Cc1ccc(Cl)c(Cl)c1. The van der Waals surface area contributed by atoms with E-state index < -0.39 is 6.09 Å². The van der Waals surface area contributed by atoms with Gasteiger partial charge >= 0.3 is 6.09 Å². The van der Waals surface area contributed by atoms with Crippen LogP contribution in [0.4, 0.5) is 10.5 Å². The van der Waals surface area contributed by atoms with Crippen molar-refractivity contribution < 1.29 is 9.90 Å². The first-order valence-corrected chi connectivity index (χ1v) is 8.06. The van der Waals surface area contributed by atoms with E-state index in [0.29, 0.717) is 39.0 Å². The number of aryl methyl sites for hydroxylation is 1. The fourth-order valence-corrected chi connectivity index (χ4v) is 2.86. The van der Waals surface area contributed by atoms with Gasteiger partial charge in [-0.25, -0.2) is 9.78 Å². The number of amides is 1. The second kappa shape index (κ2) is 6.74. The summed E-state index contributed by atoms with van der Waals surface area (Å²) in [6.45, 7) is 2.02. The first-order chi connectivity index (χ1) is 11.8. The van der Waals surface area contributed by atoms with Gasteiger partial charge in [0.2, 0.25) is 0 Å². The van der Waals surface area contributed by atoms with Crippen LogP contribution in [-0.4, -0.2) is 20.8 Å². The van der Waals surface area contributed by atoms with E-state index in [4.69, 9.17) is 28.3 Å². The van der Waals surface area contributed by atoms with E-state index >= 15 is 0 Å². The number of nitrogens with zero attached hydrogens (tertiary/aromatic N) is 2. The molecule has 1 amide bonds. The lowest BCUT2D eigenvalue weighted by molar-refractivity contribution is 0.210. The molecule has 3 rings (SSSR count). The zero-order valence-corrected chi connectivity index (χ0v) is 14.6. The number of hydrogen-bond acceptors (Lipinski definition) is 3. The van der Waals surface area contributed by atoms with Crippen LogP contribution in [0.1, 0.15) is 11.4 Å². The van der Waals surface area contributed by atoms with Crippen LogP contribution in [0.15, 0.2) is 41.2 Å². The summed E-state index contributed by atoms with van der Waals surface area (Å²) in [6, 6.07) is 9.79. The Kier molecular flexibility index (Phi) is 4.65. The van der Waals surface area contributed by atoms with Crippen LogP contribution in [0.25, 0.3) is 10.9 Å². The average molecular weight is 378 g/mol. The van der Waals surface area contributed by atoms with Gasteiger partial charge in [0.1, 0.15) is 5.82 Å². The molecule has 0 radical (unpaired) electrons. The number of benzene rings is 2. The summed E-state index contributed by atoms with van der Waals surface area (Å²) < 4.78 is 1.53. The maximum atomic E-state index is 12.8. The van der Waals surface area contributed by atoms with Crippen LogP contribution in [0.3, 0.4) is 0 Å². The van der Waals surface area contributed by atoms with Gasteiger partial charge in [0.25, 0.3) is 5.56 Å². The topological polar surface area (TPSA) is 84.2 Å². The standard InChI is InChI=1S/C17H13Cl2N3O3/c1-9-20-15-7-11(21-17(24)25)3-4-12(15)16(23)22(9)8-10-2-5-13(18)14(19)6-10/h2-7,21H,8H2,1H3,(H,24,25). The summed E-state index contributed by atoms with van der Waals surface area (Å²) >= 11 is 11.9. The van der Waals surface area contributed by atoms with Crippen molar-refractivity contribution in [1.82, 2.24) is 9.55 Å². The Bertz CT molecular complexity index is 1050. The summed E-state index contributed by atoms with van der Waals surface area (Å²) in [4.78, 5) is 27.9. The molecule has 0 unspecified atom stereocenters. The minimum absolute atomic E-state index is 0.213. The predicted octanol–water partition coefficient (Wildman–Crippen LogP) is 4.15. The summed E-state index contributed by atoms with van der Waals surface area (Å²) in [5.41, 5.74) is 1.40. The summed E-state index contributed by atoms with van der Waals surface area (Å²) in [7, 11) is 0. The molecule has 1 heterocycles. The van der Waals surface area contributed by atoms with Gasteiger partial charge in [0.15, 0.2) is 0 Å². The lowest BCUT2D eigenvalue weighted by Gasteiger charge is -2.12. The van der Waals surface area contributed by atoms with Gasteiger partial charge in [-0.15, -0.1) is 0 Å². The molecule has 8 heteroatoms. The molecular weight excluding hydrogens is 365 g/mol. The van der Waals surface area contributed by atoms with Gasteiger partial charge in [-0.3, -0.25) is 14.7 Å². The number of aromatic nitrogens is 2. The van der Waals surface area contributed by atoms with E-state index in [1.165, 1.54) is 16.7 Å². The highest BCUT2D eigenvalue weighted by Gasteiger charge is 2.11. The van der Waals surface area contributed by atoms with E-state index in [0.717, 1.165) is 5.56 Å². The highest BCUT2D eigenvalue weighted by Crippen LogP contribution is 2.23. The van der Waals surface area contributed by atoms with Crippen molar-refractivity contribution in [2.75, 3.05) is 5.32 Å². The van der Waals surface area contributed by atoms with Gasteiger partial charge in [0, 0.05) is 5.69 Å². The van der Waals surface area contributed by atoms with E-state index in [2.05, 4.69) is 10.3 Å². The Morgan fingerprint density at radius 3 is 2.64 bits per heavy atom. The zero-order valence-electron chi connectivity index (χ0n) is 13.1. The fourth-order valence-electron chi connectivity index (χ4n) is 2.54. The van der Waals surface area contributed by atoms with Crippen molar-refractivity contribution in [2.45, 2.75) is 13.5 Å². The van der Waals surface area contributed by atoms with Crippen molar-refractivity contribution in [3.8, 4) is 0 Å². The van der Waals surface area contributed by atoms with Crippen LogP contribution >= 0.6 is 23.2 Å². The predicted molar refractivity (Wildman–Crippen MR) is 98.0 cm³/mol. The molecule has 0 aliphatic heterocycles. The van der Waals surface area contributed by atoms with Gasteiger partial charge in [-0.1, -0.05) is 29.3 Å². The van der Waals surface area contributed by atoms with E-state index in [-0.39, 0.29) is 5.56 Å². The number of carboxylic acid groups (broad SMARTS) is 1.